The van der Waals surface area contributed by atoms with E-state index < -0.39 is 0 Å². The number of hydrogen-bond donors (Lipinski definition) is 0. The Morgan fingerprint density at radius 1 is 1.25 bits per heavy atom. The summed E-state index contributed by atoms with van der Waals surface area (Å²) < 4.78 is 5.84. The molecular weight excluding hydrogens is 316 g/mol. The second-order valence-corrected chi connectivity index (χ2v) is 7.87. The van der Waals surface area contributed by atoms with Crippen molar-refractivity contribution >= 4 is 21.9 Å². The smallest absolute Gasteiger partial charge is 0.312 e. The van der Waals surface area contributed by atoms with Crippen LogP contribution in [-0.2, 0) is 9.53 Å². The average molecular weight is 337 g/mol. The lowest BCUT2D eigenvalue weighted by Crippen LogP contribution is -2.52. The molecule has 2 bridgehead atoms. The summed E-state index contributed by atoms with van der Waals surface area (Å²) in [6.07, 6.45) is 1.93. The van der Waals surface area contributed by atoms with Crippen molar-refractivity contribution in [2.24, 2.45) is 16.7 Å². The quantitative estimate of drug-likeness (QED) is 0.587. The fourth-order valence-corrected chi connectivity index (χ4v) is 4.68. The van der Waals surface area contributed by atoms with E-state index in [4.69, 9.17) is 4.74 Å². The minimum Gasteiger partial charge on any atom is -0.460 e. The maximum Gasteiger partial charge on any atom is 0.312 e. The van der Waals surface area contributed by atoms with Gasteiger partial charge in [-0.05, 0) is 30.7 Å². The van der Waals surface area contributed by atoms with Crippen molar-refractivity contribution in [1.29, 1.82) is 0 Å². The molecule has 3 rings (SSSR count). The topological polar surface area (TPSA) is 26.3 Å². The first-order valence-corrected chi connectivity index (χ1v) is 8.19. The third-order valence-electron chi connectivity index (χ3n) is 5.80. The van der Waals surface area contributed by atoms with E-state index in [-0.39, 0.29) is 27.7 Å². The Bertz CT molecular complexity index is 525. The van der Waals surface area contributed by atoms with Crippen molar-refractivity contribution in [3.63, 3.8) is 0 Å². The van der Waals surface area contributed by atoms with E-state index in [0.29, 0.717) is 5.92 Å². The molecule has 20 heavy (non-hydrogen) atoms. The van der Waals surface area contributed by atoms with Gasteiger partial charge in [0.15, 0.2) is 0 Å². The highest BCUT2D eigenvalue weighted by Gasteiger charge is 2.64. The second kappa shape index (κ2) is 4.59. The van der Waals surface area contributed by atoms with Crippen molar-refractivity contribution in [2.75, 3.05) is 0 Å². The van der Waals surface area contributed by atoms with Crippen LogP contribution in [0.15, 0.2) is 30.3 Å². The van der Waals surface area contributed by atoms with E-state index in [1.54, 1.807) is 0 Å². The highest BCUT2D eigenvalue weighted by atomic mass is 79.9. The van der Waals surface area contributed by atoms with Crippen molar-refractivity contribution in [1.82, 2.24) is 0 Å². The third kappa shape index (κ3) is 1.78. The Morgan fingerprint density at radius 2 is 1.90 bits per heavy atom. The summed E-state index contributed by atoms with van der Waals surface area (Å²) in [4.78, 5) is 12.6. The highest BCUT2D eigenvalue weighted by Crippen LogP contribution is 2.62. The molecule has 0 spiro atoms. The van der Waals surface area contributed by atoms with Gasteiger partial charge in [0.2, 0.25) is 0 Å². The average Bonchev–Trinajstić information content (AvgIpc) is 2.58. The minimum absolute atomic E-state index is 0.00615. The van der Waals surface area contributed by atoms with Crippen LogP contribution in [0.25, 0.3) is 0 Å². The van der Waals surface area contributed by atoms with Crippen LogP contribution in [0.1, 0.15) is 44.0 Å². The van der Waals surface area contributed by atoms with Gasteiger partial charge in [-0.1, -0.05) is 60.1 Å². The van der Waals surface area contributed by atoms with E-state index in [9.17, 15) is 4.79 Å². The number of carbonyl (C=O) groups is 1. The lowest BCUT2D eigenvalue weighted by atomic mass is 9.62. The van der Waals surface area contributed by atoms with E-state index in [1.165, 1.54) is 5.56 Å². The van der Waals surface area contributed by atoms with Crippen molar-refractivity contribution in [2.45, 2.75) is 44.5 Å². The summed E-state index contributed by atoms with van der Waals surface area (Å²) in [7, 11) is 0. The zero-order chi connectivity index (χ0) is 14.5. The molecule has 108 valence electrons. The SMILES string of the molecule is CC1(C)[C@H]2CC[C@]1(C)C(=O)O[C@@H]2[C@H](Br)c1ccccc1. The van der Waals surface area contributed by atoms with Gasteiger partial charge in [0.25, 0.3) is 0 Å². The predicted octanol–water partition coefficient (Wildman–Crippen LogP) is 4.49. The number of alkyl halides is 1. The zero-order valence-electron chi connectivity index (χ0n) is 12.2. The van der Waals surface area contributed by atoms with E-state index in [0.717, 1.165) is 12.8 Å². The number of carbonyl (C=O) groups excluding carboxylic acids is 1. The number of benzene rings is 1. The van der Waals surface area contributed by atoms with Crippen LogP contribution < -0.4 is 0 Å². The first-order chi connectivity index (χ1) is 9.38. The van der Waals surface area contributed by atoms with Gasteiger partial charge in [-0.3, -0.25) is 4.79 Å². The number of halogens is 1. The second-order valence-electron chi connectivity index (χ2n) is 6.88. The van der Waals surface area contributed by atoms with Gasteiger partial charge in [-0.2, -0.15) is 0 Å². The number of esters is 1. The summed E-state index contributed by atoms with van der Waals surface area (Å²) >= 11 is 3.77. The van der Waals surface area contributed by atoms with Crippen LogP contribution in [0.5, 0.6) is 0 Å². The molecule has 1 aromatic carbocycles. The molecule has 2 fully saturated rings. The maximum atomic E-state index is 12.5. The molecule has 2 nitrogen and oxygen atoms in total. The molecule has 0 N–H and O–H groups in total. The van der Waals surface area contributed by atoms with Gasteiger partial charge in [0, 0.05) is 5.92 Å². The highest BCUT2D eigenvalue weighted by molar-refractivity contribution is 9.09. The standard InChI is InChI=1S/C17H21BrO2/c1-16(2)12-9-10-17(16,3)15(19)20-14(12)13(18)11-7-5-4-6-8-11/h4-8,12-14H,9-10H2,1-3H3/t12-,13+,14-,17+/m0/s1. The lowest BCUT2D eigenvalue weighted by Gasteiger charge is -2.48. The summed E-state index contributed by atoms with van der Waals surface area (Å²) in [5, 5.41) is 0. The van der Waals surface area contributed by atoms with Crippen LogP contribution in [0.4, 0.5) is 0 Å². The molecule has 1 heterocycles. The van der Waals surface area contributed by atoms with Crippen molar-refractivity contribution in [3.8, 4) is 0 Å². The monoisotopic (exact) mass is 336 g/mol. The molecule has 1 aromatic rings. The fourth-order valence-electron chi connectivity index (χ4n) is 3.90. The Hall–Kier alpha value is -0.830. The maximum absolute atomic E-state index is 12.5. The van der Waals surface area contributed by atoms with Gasteiger partial charge in [0.1, 0.15) is 6.10 Å². The Labute approximate surface area is 129 Å². The number of ether oxygens (including phenoxy) is 1. The predicted molar refractivity (Wildman–Crippen MR) is 82.6 cm³/mol. The van der Waals surface area contributed by atoms with Crippen LogP contribution in [-0.4, -0.2) is 12.1 Å². The van der Waals surface area contributed by atoms with Crippen molar-refractivity contribution in [3.05, 3.63) is 35.9 Å². The van der Waals surface area contributed by atoms with Crippen LogP contribution >= 0.6 is 15.9 Å². The molecule has 2 aliphatic rings. The van der Waals surface area contributed by atoms with Crippen LogP contribution in [0, 0.1) is 16.7 Å². The van der Waals surface area contributed by atoms with Crippen LogP contribution in [0.2, 0.25) is 0 Å². The Balaban J connectivity index is 1.95. The van der Waals surface area contributed by atoms with E-state index in [1.807, 2.05) is 18.2 Å². The molecule has 0 aromatic heterocycles. The third-order valence-corrected chi connectivity index (χ3v) is 6.85. The molecule has 1 aliphatic heterocycles. The van der Waals surface area contributed by atoms with Gasteiger partial charge in [-0.25, -0.2) is 0 Å². The molecule has 0 unspecified atom stereocenters. The molecule has 1 saturated carbocycles. The summed E-state index contributed by atoms with van der Waals surface area (Å²) in [5.41, 5.74) is 0.849. The molecule has 4 atom stereocenters. The zero-order valence-corrected chi connectivity index (χ0v) is 13.8. The van der Waals surface area contributed by atoms with Gasteiger partial charge >= 0.3 is 5.97 Å². The Morgan fingerprint density at radius 3 is 2.55 bits per heavy atom. The van der Waals surface area contributed by atoms with Gasteiger partial charge in [-0.15, -0.1) is 0 Å². The van der Waals surface area contributed by atoms with Gasteiger partial charge < -0.3 is 4.74 Å². The molecule has 3 heteroatoms. The normalized spacial score (nSPS) is 36.5. The molecule has 0 amide bonds. The minimum atomic E-state index is -0.322. The molecule has 0 radical (unpaired) electrons. The molecule has 1 aliphatic carbocycles. The number of fused-ring (bicyclic) bond motifs is 2. The number of hydrogen-bond acceptors (Lipinski definition) is 2. The number of rotatable bonds is 2. The summed E-state index contributed by atoms with van der Waals surface area (Å²) in [6, 6.07) is 10.2. The van der Waals surface area contributed by atoms with Crippen LogP contribution in [0.3, 0.4) is 0 Å². The van der Waals surface area contributed by atoms with Crippen molar-refractivity contribution < 1.29 is 9.53 Å². The molecular formula is C17H21BrO2. The first kappa shape index (κ1) is 14.1. The Kier molecular flexibility index (Phi) is 3.24. The summed E-state index contributed by atoms with van der Waals surface area (Å²) in [6.45, 7) is 6.52. The molecule has 1 saturated heterocycles. The number of cyclic esters (lactones) is 1. The fraction of sp³-hybridized carbons (Fsp3) is 0.588. The van der Waals surface area contributed by atoms with Gasteiger partial charge in [0.05, 0.1) is 10.2 Å². The van der Waals surface area contributed by atoms with E-state index >= 15 is 0 Å². The lowest BCUT2D eigenvalue weighted by molar-refractivity contribution is -0.186. The summed E-state index contributed by atoms with van der Waals surface area (Å²) in [5.74, 6) is 0.386. The first-order valence-electron chi connectivity index (χ1n) is 7.28. The van der Waals surface area contributed by atoms with E-state index in [2.05, 4.69) is 48.8 Å². The largest absolute Gasteiger partial charge is 0.460 e.